The lowest BCUT2D eigenvalue weighted by Crippen LogP contribution is -2.33. The smallest absolute Gasteiger partial charge is 0.378 e. The molecular weight excluding hydrogens is 427 g/mol. The largest absolute Gasteiger partial charge is 0.416 e. The van der Waals surface area contributed by atoms with Crippen LogP contribution in [0.1, 0.15) is 22.3 Å². The highest BCUT2D eigenvalue weighted by Gasteiger charge is 2.35. The van der Waals surface area contributed by atoms with Crippen LogP contribution >= 0.6 is 0 Å². The first-order chi connectivity index (χ1) is 15.6. The van der Waals surface area contributed by atoms with E-state index in [1.165, 1.54) is 17.0 Å². The zero-order valence-electron chi connectivity index (χ0n) is 18.4. The molecule has 1 heterocycles. The summed E-state index contributed by atoms with van der Waals surface area (Å²) >= 11 is 0. The van der Waals surface area contributed by atoms with Gasteiger partial charge in [-0.3, -0.25) is 9.69 Å². The van der Waals surface area contributed by atoms with E-state index < -0.39 is 17.6 Å². The third-order valence-electron chi connectivity index (χ3n) is 5.28. The molecule has 0 spiro atoms. The normalized spacial score (nSPS) is 15.2. The summed E-state index contributed by atoms with van der Waals surface area (Å²) in [5.74, 6) is -0.193. The molecule has 1 aliphatic heterocycles. The highest BCUT2D eigenvalue weighted by molar-refractivity contribution is 6.33. The van der Waals surface area contributed by atoms with Crippen LogP contribution < -0.4 is 9.80 Å². The summed E-state index contributed by atoms with van der Waals surface area (Å²) in [6, 6.07) is 19.7. The Hall–Kier alpha value is -3.87. The summed E-state index contributed by atoms with van der Waals surface area (Å²) in [4.78, 5) is 21.1. The quantitative estimate of drug-likeness (QED) is 0.464. The minimum absolute atomic E-state index is 0.112. The molecule has 3 aromatic rings. The highest BCUT2D eigenvalue weighted by atomic mass is 19.4. The summed E-state index contributed by atoms with van der Waals surface area (Å²) in [6.07, 6.45) is -2.88. The van der Waals surface area contributed by atoms with Crippen LogP contribution in [0.5, 0.6) is 0 Å². The Morgan fingerprint density at radius 2 is 1.64 bits per heavy atom. The van der Waals surface area contributed by atoms with E-state index in [1.54, 1.807) is 12.1 Å². The number of aliphatic imine (C=N–C) groups is 1. The summed E-state index contributed by atoms with van der Waals surface area (Å²) in [5.41, 5.74) is 2.80. The van der Waals surface area contributed by atoms with E-state index in [0.717, 1.165) is 28.9 Å². The van der Waals surface area contributed by atoms with Crippen LogP contribution in [0.3, 0.4) is 0 Å². The second-order valence-corrected chi connectivity index (χ2v) is 8.01. The number of hydrogen-bond donors (Lipinski definition) is 0. The minimum Gasteiger partial charge on any atom is -0.378 e. The molecule has 0 saturated carbocycles. The molecule has 4 nitrogen and oxygen atoms in total. The lowest BCUT2D eigenvalue weighted by atomic mass is 10.1. The van der Waals surface area contributed by atoms with Gasteiger partial charge in [-0.1, -0.05) is 42.0 Å². The SMILES string of the molecule is Cc1cccc(C2=N/C(=C\c3ccc(N(C)C)cc3)C(=O)N2c2cccc(C(F)(F)F)c2)c1. The number of rotatable bonds is 4. The number of nitrogens with zero attached hydrogens (tertiary/aromatic N) is 3. The second-order valence-electron chi connectivity index (χ2n) is 8.01. The molecule has 0 radical (unpaired) electrons. The van der Waals surface area contributed by atoms with E-state index in [1.807, 2.05) is 68.4 Å². The number of alkyl halides is 3. The van der Waals surface area contributed by atoms with Crippen LogP contribution in [-0.2, 0) is 11.0 Å². The van der Waals surface area contributed by atoms with E-state index in [0.29, 0.717) is 11.4 Å². The number of benzene rings is 3. The van der Waals surface area contributed by atoms with Crippen molar-refractivity contribution in [1.29, 1.82) is 0 Å². The fourth-order valence-electron chi connectivity index (χ4n) is 3.58. The fraction of sp³-hybridized carbons (Fsp3) is 0.154. The van der Waals surface area contributed by atoms with Gasteiger partial charge in [0.1, 0.15) is 11.5 Å². The van der Waals surface area contributed by atoms with E-state index in [2.05, 4.69) is 4.99 Å². The Balaban J connectivity index is 1.81. The van der Waals surface area contributed by atoms with Crippen LogP contribution in [0.2, 0.25) is 0 Å². The number of carbonyl (C=O) groups is 1. The molecule has 0 unspecified atom stereocenters. The first kappa shape index (κ1) is 22.3. The summed E-state index contributed by atoms with van der Waals surface area (Å²) in [6.45, 7) is 1.90. The number of amides is 1. The van der Waals surface area contributed by atoms with Gasteiger partial charge in [0.25, 0.3) is 5.91 Å². The van der Waals surface area contributed by atoms with Crippen molar-refractivity contribution in [3.05, 3.63) is 101 Å². The first-order valence-corrected chi connectivity index (χ1v) is 10.3. The van der Waals surface area contributed by atoms with Crippen LogP contribution in [0.4, 0.5) is 24.5 Å². The number of hydrogen-bond acceptors (Lipinski definition) is 3. The zero-order valence-corrected chi connectivity index (χ0v) is 18.4. The third kappa shape index (κ3) is 4.67. The maximum absolute atomic E-state index is 13.4. The van der Waals surface area contributed by atoms with Gasteiger partial charge in [-0.05, 0) is 55.0 Å². The maximum atomic E-state index is 13.4. The lowest BCUT2D eigenvalue weighted by molar-refractivity contribution is -0.137. The predicted molar refractivity (Wildman–Crippen MR) is 125 cm³/mol. The first-order valence-electron chi connectivity index (χ1n) is 10.3. The zero-order chi connectivity index (χ0) is 23.8. The Bertz CT molecular complexity index is 1260. The second kappa shape index (κ2) is 8.58. The van der Waals surface area contributed by atoms with Gasteiger partial charge in [0.05, 0.1) is 11.3 Å². The van der Waals surface area contributed by atoms with Gasteiger partial charge in [-0.15, -0.1) is 0 Å². The Kier molecular flexibility index (Phi) is 5.80. The van der Waals surface area contributed by atoms with Gasteiger partial charge in [0, 0.05) is 25.3 Å². The number of anilines is 2. The van der Waals surface area contributed by atoms with Crippen molar-refractivity contribution in [2.45, 2.75) is 13.1 Å². The summed E-state index contributed by atoms with van der Waals surface area (Å²) in [5, 5.41) is 0. The van der Waals surface area contributed by atoms with Crippen molar-refractivity contribution < 1.29 is 18.0 Å². The molecule has 0 bridgehead atoms. The van der Waals surface area contributed by atoms with E-state index >= 15 is 0 Å². The van der Waals surface area contributed by atoms with E-state index in [-0.39, 0.29) is 11.4 Å². The molecule has 3 aromatic carbocycles. The number of carbonyl (C=O) groups excluding carboxylic acids is 1. The predicted octanol–water partition coefficient (Wildman–Crippen LogP) is 5.91. The van der Waals surface area contributed by atoms with Crippen molar-refractivity contribution in [3.63, 3.8) is 0 Å². The average Bonchev–Trinajstić information content (AvgIpc) is 3.09. The standard InChI is InChI=1S/C26H22F3N3O/c1-17-6-4-7-19(14-17)24-30-23(15-18-10-12-21(13-11-18)31(2)3)25(33)32(24)22-9-5-8-20(16-22)26(27,28)29/h4-16H,1-3H3/b23-15-. The molecule has 33 heavy (non-hydrogen) atoms. The van der Waals surface area contributed by atoms with Crippen LogP contribution in [0.25, 0.3) is 6.08 Å². The van der Waals surface area contributed by atoms with E-state index in [4.69, 9.17) is 0 Å². The van der Waals surface area contributed by atoms with Gasteiger partial charge in [0.15, 0.2) is 0 Å². The molecule has 0 aromatic heterocycles. The molecule has 7 heteroatoms. The van der Waals surface area contributed by atoms with Crippen molar-refractivity contribution in [1.82, 2.24) is 0 Å². The molecule has 0 saturated heterocycles. The van der Waals surface area contributed by atoms with Gasteiger partial charge < -0.3 is 4.90 Å². The Labute approximate surface area is 190 Å². The van der Waals surface area contributed by atoms with E-state index in [9.17, 15) is 18.0 Å². The monoisotopic (exact) mass is 449 g/mol. The highest BCUT2D eigenvalue weighted by Crippen LogP contribution is 2.34. The number of amidine groups is 1. The van der Waals surface area contributed by atoms with Crippen LogP contribution in [-0.4, -0.2) is 25.8 Å². The summed E-state index contributed by atoms with van der Waals surface area (Å²) < 4.78 is 40.0. The van der Waals surface area contributed by atoms with Gasteiger partial charge >= 0.3 is 6.18 Å². The topological polar surface area (TPSA) is 35.9 Å². The van der Waals surface area contributed by atoms with Crippen molar-refractivity contribution in [2.75, 3.05) is 23.9 Å². The van der Waals surface area contributed by atoms with Crippen molar-refractivity contribution >= 4 is 29.2 Å². The van der Waals surface area contributed by atoms with Gasteiger partial charge in [0.2, 0.25) is 0 Å². The Morgan fingerprint density at radius 3 is 2.27 bits per heavy atom. The van der Waals surface area contributed by atoms with Crippen molar-refractivity contribution in [3.8, 4) is 0 Å². The van der Waals surface area contributed by atoms with Crippen LogP contribution in [0.15, 0.2) is 83.5 Å². The third-order valence-corrected chi connectivity index (χ3v) is 5.28. The molecule has 0 atom stereocenters. The van der Waals surface area contributed by atoms with Crippen LogP contribution in [0, 0.1) is 6.92 Å². The average molecular weight is 449 g/mol. The molecule has 0 fully saturated rings. The molecular formula is C26H22F3N3O. The minimum atomic E-state index is -4.52. The molecule has 0 aliphatic carbocycles. The lowest BCUT2D eigenvalue weighted by Gasteiger charge is -2.20. The molecule has 4 rings (SSSR count). The maximum Gasteiger partial charge on any atom is 0.416 e. The number of halogens is 3. The van der Waals surface area contributed by atoms with Gasteiger partial charge in [-0.25, -0.2) is 4.99 Å². The molecule has 1 amide bonds. The molecule has 168 valence electrons. The number of aryl methyl sites for hydroxylation is 1. The Morgan fingerprint density at radius 1 is 0.939 bits per heavy atom. The fourth-order valence-corrected chi connectivity index (χ4v) is 3.58. The molecule has 0 N–H and O–H groups in total. The molecule has 1 aliphatic rings. The van der Waals surface area contributed by atoms with Gasteiger partial charge in [-0.2, -0.15) is 13.2 Å². The van der Waals surface area contributed by atoms with Crippen molar-refractivity contribution in [2.24, 2.45) is 4.99 Å². The summed E-state index contributed by atoms with van der Waals surface area (Å²) in [7, 11) is 3.86.